The van der Waals surface area contributed by atoms with E-state index in [9.17, 15) is 0 Å². The standard InChI is InChI=1S/C7H8BrClN2/c1-11-7-3-5(9)4(8)2-6(7)10/h2-3,11H,10H2,1H3. The molecule has 0 bridgehead atoms. The van der Waals surface area contributed by atoms with Gasteiger partial charge in [0.15, 0.2) is 0 Å². The summed E-state index contributed by atoms with van der Waals surface area (Å²) < 4.78 is 0.815. The van der Waals surface area contributed by atoms with E-state index in [0.29, 0.717) is 10.7 Å². The number of hydrogen-bond donors (Lipinski definition) is 2. The minimum atomic E-state index is 0.656. The quantitative estimate of drug-likeness (QED) is 0.735. The lowest BCUT2D eigenvalue weighted by atomic mass is 10.3. The van der Waals surface area contributed by atoms with Crippen molar-refractivity contribution in [3.63, 3.8) is 0 Å². The van der Waals surface area contributed by atoms with Crippen molar-refractivity contribution in [3.8, 4) is 0 Å². The van der Waals surface area contributed by atoms with Gasteiger partial charge in [-0.1, -0.05) is 11.6 Å². The third-order valence-corrected chi connectivity index (χ3v) is 2.56. The molecule has 0 fully saturated rings. The molecule has 0 aliphatic heterocycles. The fourth-order valence-corrected chi connectivity index (χ4v) is 1.30. The molecule has 0 saturated heterocycles. The Morgan fingerprint density at radius 1 is 1.55 bits per heavy atom. The highest BCUT2D eigenvalue weighted by Gasteiger charge is 2.01. The van der Waals surface area contributed by atoms with E-state index >= 15 is 0 Å². The molecule has 0 radical (unpaired) electrons. The smallest absolute Gasteiger partial charge is 0.0587 e. The summed E-state index contributed by atoms with van der Waals surface area (Å²) in [6.07, 6.45) is 0. The van der Waals surface area contributed by atoms with Crippen molar-refractivity contribution in [1.82, 2.24) is 0 Å². The number of hydrogen-bond acceptors (Lipinski definition) is 2. The number of rotatable bonds is 1. The maximum Gasteiger partial charge on any atom is 0.0587 e. The van der Waals surface area contributed by atoms with Crippen molar-refractivity contribution in [2.45, 2.75) is 0 Å². The maximum atomic E-state index is 5.82. The van der Waals surface area contributed by atoms with Crippen molar-refractivity contribution in [3.05, 3.63) is 21.6 Å². The summed E-state index contributed by atoms with van der Waals surface area (Å²) in [5.41, 5.74) is 7.18. The van der Waals surface area contributed by atoms with Crippen molar-refractivity contribution >= 4 is 38.9 Å². The average molecular weight is 236 g/mol. The van der Waals surface area contributed by atoms with E-state index in [1.165, 1.54) is 0 Å². The Kier molecular flexibility index (Phi) is 2.62. The summed E-state index contributed by atoms with van der Waals surface area (Å²) in [5.74, 6) is 0. The summed E-state index contributed by atoms with van der Waals surface area (Å²) in [6.45, 7) is 0. The molecule has 4 heteroatoms. The first-order valence-electron chi connectivity index (χ1n) is 3.07. The minimum Gasteiger partial charge on any atom is -0.397 e. The minimum absolute atomic E-state index is 0.656. The maximum absolute atomic E-state index is 5.82. The van der Waals surface area contributed by atoms with Crippen molar-refractivity contribution < 1.29 is 0 Å². The molecule has 1 aromatic rings. The molecule has 0 heterocycles. The lowest BCUT2D eigenvalue weighted by Gasteiger charge is -2.05. The van der Waals surface area contributed by atoms with Crippen LogP contribution in [0.25, 0.3) is 0 Å². The Balaban J connectivity index is 3.21. The molecular weight excluding hydrogens is 227 g/mol. The van der Waals surface area contributed by atoms with E-state index in [1.807, 2.05) is 0 Å². The van der Waals surface area contributed by atoms with Crippen LogP contribution in [0.5, 0.6) is 0 Å². The van der Waals surface area contributed by atoms with Gasteiger partial charge in [0.2, 0.25) is 0 Å². The van der Waals surface area contributed by atoms with Crippen LogP contribution < -0.4 is 11.1 Å². The molecule has 0 amide bonds. The van der Waals surface area contributed by atoms with Gasteiger partial charge in [-0.3, -0.25) is 0 Å². The van der Waals surface area contributed by atoms with Crippen molar-refractivity contribution in [1.29, 1.82) is 0 Å². The first-order valence-corrected chi connectivity index (χ1v) is 4.24. The van der Waals surface area contributed by atoms with Crippen LogP contribution in [0, 0.1) is 0 Å². The largest absolute Gasteiger partial charge is 0.397 e. The molecule has 60 valence electrons. The zero-order chi connectivity index (χ0) is 8.43. The molecule has 0 aromatic heterocycles. The van der Waals surface area contributed by atoms with Gasteiger partial charge in [0.1, 0.15) is 0 Å². The van der Waals surface area contributed by atoms with Gasteiger partial charge in [0.25, 0.3) is 0 Å². The topological polar surface area (TPSA) is 38.0 Å². The van der Waals surface area contributed by atoms with Gasteiger partial charge in [-0.15, -0.1) is 0 Å². The number of nitrogens with one attached hydrogen (secondary N) is 1. The molecule has 0 unspecified atom stereocenters. The van der Waals surface area contributed by atoms with Gasteiger partial charge >= 0.3 is 0 Å². The van der Waals surface area contributed by atoms with E-state index in [-0.39, 0.29) is 0 Å². The van der Waals surface area contributed by atoms with Crippen LogP contribution in [-0.4, -0.2) is 7.05 Å². The Bertz CT molecular complexity index is 275. The van der Waals surface area contributed by atoms with E-state index in [1.54, 1.807) is 19.2 Å². The zero-order valence-corrected chi connectivity index (χ0v) is 8.33. The predicted octanol–water partition coefficient (Wildman–Crippen LogP) is 2.73. The highest BCUT2D eigenvalue weighted by molar-refractivity contribution is 9.10. The Hall–Kier alpha value is -0.410. The molecule has 2 nitrogen and oxygen atoms in total. The van der Waals surface area contributed by atoms with Crippen LogP contribution in [0.2, 0.25) is 5.02 Å². The molecule has 1 aromatic carbocycles. The SMILES string of the molecule is CNc1cc(Cl)c(Br)cc1N. The van der Waals surface area contributed by atoms with Crippen molar-refractivity contribution in [2.75, 3.05) is 18.1 Å². The summed E-state index contributed by atoms with van der Waals surface area (Å²) in [6, 6.07) is 3.55. The Labute approximate surface area is 78.9 Å². The number of halogens is 2. The van der Waals surface area contributed by atoms with E-state index in [2.05, 4.69) is 21.2 Å². The van der Waals surface area contributed by atoms with Gasteiger partial charge in [0.05, 0.1) is 16.4 Å². The van der Waals surface area contributed by atoms with Crippen LogP contribution >= 0.6 is 27.5 Å². The van der Waals surface area contributed by atoms with Gasteiger partial charge in [0, 0.05) is 11.5 Å². The summed E-state index contributed by atoms with van der Waals surface area (Å²) in [4.78, 5) is 0. The Morgan fingerprint density at radius 3 is 2.73 bits per heavy atom. The molecule has 1 rings (SSSR count). The monoisotopic (exact) mass is 234 g/mol. The molecule has 11 heavy (non-hydrogen) atoms. The van der Waals surface area contributed by atoms with Crippen LogP contribution in [0.4, 0.5) is 11.4 Å². The summed E-state index contributed by atoms with van der Waals surface area (Å²) in [5, 5.41) is 3.59. The normalized spacial score (nSPS) is 9.73. The molecule has 0 aliphatic rings. The third-order valence-electron chi connectivity index (χ3n) is 1.36. The second-order valence-electron chi connectivity index (χ2n) is 2.10. The van der Waals surface area contributed by atoms with Gasteiger partial charge in [-0.2, -0.15) is 0 Å². The van der Waals surface area contributed by atoms with Crippen LogP contribution in [0.1, 0.15) is 0 Å². The molecule has 0 aliphatic carbocycles. The van der Waals surface area contributed by atoms with E-state index in [0.717, 1.165) is 10.2 Å². The van der Waals surface area contributed by atoms with E-state index < -0.39 is 0 Å². The van der Waals surface area contributed by atoms with Crippen LogP contribution in [0.3, 0.4) is 0 Å². The first-order chi connectivity index (χ1) is 5.15. The highest BCUT2D eigenvalue weighted by Crippen LogP contribution is 2.30. The van der Waals surface area contributed by atoms with Crippen LogP contribution in [-0.2, 0) is 0 Å². The fraction of sp³-hybridized carbons (Fsp3) is 0.143. The summed E-state index contributed by atoms with van der Waals surface area (Å²) in [7, 11) is 1.80. The second-order valence-corrected chi connectivity index (χ2v) is 3.37. The first kappa shape index (κ1) is 8.68. The number of anilines is 2. The number of benzene rings is 1. The summed E-state index contributed by atoms with van der Waals surface area (Å²) >= 11 is 9.09. The third kappa shape index (κ3) is 1.79. The molecule has 0 spiro atoms. The number of nitrogens with two attached hydrogens (primary N) is 1. The van der Waals surface area contributed by atoms with Crippen molar-refractivity contribution in [2.24, 2.45) is 0 Å². The lowest BCUT2D eigenvalue weighted by Crippen LogP contribution is -1.95. The molecule has 0 saturated carbocycles. The predicted molar refractivity (Wildman–Crippen MR) is 53.1 cm³/mol. The van der Waals surface area contributed by atoms with Gasteiger partial charge < -0.3 is 11.1 Å². The zero-order valence-electron chi connectivity index (χ0n) is 5.99. The Morgan fingerprint density at radius 2 is 2.18 bits per heavy atom. The molecular formula is C7H8BrClN2. The second kappa shape index (κ2) is 3.32. The fourth-order valence-electron chi connectivity index (χ4n) is 0.779. The van der Waals surface area contributed by atoms with E-state index in [4.69, 9.17) is 17.3 Å². The molecule has 0 atom stereocenters. The molecule has 3 N–H and O–H groups in total. The van der Waals surface area contributed by atoms with Gasteiger partial charge in [-0.25, -0.2) is 0 Å². The highest BCUT2D eigenvalue weighted by atomic mass is 79.9. The average Bonchev–Trinajstić information content (AvgIpc) is 1.97. The lowest BCUT2D eigenvalue weighted by molar-refractivity contribution is 1.50. The number of nitrogen functional groups attached to an aromatic ring is 1. The van der Waals surface area contributed by atoms with Crippen LogP contribution in [0.15, 0.2) is 16.6 Å². The van der Waals surface area contributed by atoms with Gasteiger partial charge in [-0.05, 0) is 28.1 Å².